The minimum atomic E-state index is -0.714. The summed E-state index contributed by atoms with van der Waals surface area (Å²) in [5.74, 6) is -1.24. The Morgan fingerprint density at radius 2 is 1.89 bits per heavy atom. The number of nitrogens with one attached hydrogen (secondary N) is 1. The number of hydrogen-bond donors (Lipinski definition) is 4. The van der Waals surface area contributed by atoms with Gasteiger partial charge in [0.1, 0.15) is 28.0 Å². The Bertz CT molecular complexity index is 1610. The number of nitrogens with two attached hydrogens (primary N) is 3. The monoisotopic (exact) mass is 528 g/mol. The van der Waals surface area contributed by atoms with E-state index in [0.717, 1.165) is 18.9 Å². The van der Waals surface area contributed by atoms with E-state index in [-0.39, 0.29) is 55.8 Å². The molecule has 7 N–H and O–H groups in total. The number of carbonyl (C=O) groups is 1. The number of carbonyl (C=O) groups excluding carboxylic acids is 1. The molecule has 2 aromatic heterocycles. The van der Waals surface area contributed by atoms with E-state index in [1.54, 1.807) is 12.1 Å². The molecule has 1 aliphatic rings. The molecule has 0 radical (unpaired) electrons. The topological polar surface area (TPSA) is 168 Å². The van der Waals surface area contributed by atoms with Gasteiger partial charge >= 0.3 is 0 Å². The number of fused-ring (bicyclic) bond motifs is 1. The Labute approximate surface area is 213 Å². The molecular formula is C23H19Cl2FN8O2. The summed E-state index contributed by atoms with van der Waals surface area (Å²) in [4.78, 5) is 38.2. The van der Waals surface area contributed by atoms with Crippen molar-refractivity contribution in [3.05, 3.63) is 74.0 Å². The number of amides is 1. The van der Waals surface area contributed by atoms with Gasteiger partial charge in [-0.15, -0.1) is 0 Å². The summed E-state index contributed by atoms with van der Waals surface area (Å²) < 4.78 is 16.2. The van der Waals surface area contributed by atoms with Gasteiger partial charge in [0.2, 0.25) is 11.9 Å². The molecule has 2 aromatic carbocycles. The van der Waals surface area contributed by atoms with Crippen molar-refractivity contribution in [1.29, 1.82) is 0 Å². The molecule has 1 aliphatic carbocycles. The Morgan fingerprint density at radius 1 is 1.14 bits per heavy atom. The molecule has 1 unspecified atom stereocenters. The van der Waals surface area contributed by atoms with Crippen LogP contribution in [-0.4, -0.2) is 25.4 Å². The lowest BCUT2D eigenvalue weighted by Gasteiger charge is -2.24. The normalized spacial score (nSPS) is 14.1. The number of halogens is 3. The van der Waals surface area contributed by atoms with Crippen LogP contribution in [0.3, 0.4) is 0 Å². The van der Waals surface area contributed by atoms with E-state index < -0.39 is 23.3 Å². The molecule has 0 aliphatic heterocycles. The number of hydrogen-bond acceptors (Lipinski definition) is 8. The SMILES string of the molecule is NC(=O)c1cccc(-n2c(C(Nc3nc(N)nc(N)c3Cl)C3CC3)nc3c(F)ccc(Cl)c3c2=O)c1. The largest absolute Gasteiger partial charge is 0.382 e. The summed E-state index contributed by atoms with van der Waals surface area (Å²) in [6.45, 7) is 0. The third kappa shape index (κ3) is 4.16. The number of aromatic nitrogens is 4. The third-order valence-electron chi connectivity index (χ3n) is 5.90. The van der Waals surface area contributed by atoms with Crippen LogP contribution in [0.5, 0.6) is 0 Å². The highest BCUT2D eigenvalue weighted by atomic mass is 35.5. The van der Waals surface area contributed by atoms with Crippen molar-refractivity contribution in [3.8, 4) is 5.69 Å². The van der Waals surface area contributed by atoms with E-state index in [1.165, 1.54) is 22.8 Å². The summed E-state index contributed by atoms with van der Waals surface area (Å²) in [6.07, 6.45) is 1.58. The summed E-state index contributed by atoms with van der Waals surface area (Å²) in [6, 6.07) is 7.91. The van der Waals surface area contributed by atoms with Crippen molar-refractivity contribution in [2.75, 3.05) is 16.8 Å². The zero-order valence-electron chi connectivity index (χ0n) is 18.5. The molecule has 13 heteroatoms. The van der Waals surface area contributed by atoms with Crippen molar-refractivity contribution >= 4 is 57.6 Å². The van der Waals surface area contributed by atoms with Crippen LogP contribution in [0.4, 0.5) is 22.0 Å². The first-order valence-electron chi connectivity index (χ1n) is 10.8. The Kier molecular flexibility index (Phi) is 5.89. The zero-order chi connectivity index (χ0) is 25.7. The fraction of sp³-hybridized carbons (Fsp3) is 0.174. The average molecular weight is 529 g/mol. The van der Waals surface area contributed by atoms with Gasteiger partial charge in [-0.2, -0.15) is 9.97 Å². The van der Waals surface area contributed by atoms with Crippen LogP contribution in [0.2, 0.25) is 10.0 Å². The summed E-state index contributed by atoms with van der Waals surface area (Å²) in [7, 11) is 0. The van der Waals surface area contributed by atoms with Crippen molar-refractivity contribution in [1.82, 2.24) is 19.5 Å². The van der Waals surface area contributed by atoms with Gasteiger partial charge in [-0.25, -0.2) is 9.37 Å². The Morgan fingerprint density at radius 3 is 2.58 bits per heavy atom. The fourth-order valence-electron chi connectivity index (χ4n) is 4.04. The molecule has 2 heterocycles. The van der Waals surface area contributed by atoms with Crippen LogP contribution in [0.1, 0.15) is 35.1 Å². The maximum Gasteiger partial charge on any atom is 0.267 e. The number of primary amides is 1. The maximum absolute atomic E-state index is 14.9. The number of nitrogen functional groups attached to an aromatic ring is 2. The lowest BCUT2D eigenvalue weighted by atomic mass is 10.1. The summed E-state index contributed by atoms with van der Waals surface area (Å²) >= 11 is 12.6. The van der Waals surface area contributed by atoms with Gasteiger partial charge in [0.25, 0.3) is 5.56 Å². The van der Waals surface area contributed by atoms with Crippen LogP contribution in [0, 0.1) is 11.7 Å². The molecule has 0 bridgehead atoms. The molecule has 1 amide bonds. The predicted octanol–water partition coefficient (Wildman–Crippen LogP) is 3.45. The van der Waals surface area contributed by atoms with E-state index in [4.69, 9.17) is 40.4 Å². The molecule has 10 nitrogen and oxygen atoms in total. The van der Waals surface area contributed by atoms with E-state index in [9.17, 15) is 14.0 Å². The van der Waals surface area contributed by atoms with Crippen molar-refractivity contribution in [2.45, 2.75) is 18.9 Å². The molecule has 1 fully saturated rings. The van der Waals surface area contributed by atoms with Gasteiger partial charge in [0, 0.05) is 5.56 Å². The van der Waals surface area contributed by atoms with E-state index in [2.05, 4.69) is 20.3 Å². The quantitative estimate of drug-likeness (QED) is 0.295. The third-order valence-corrected chi connectivity index (χ3v) is 6.58. The lowest BCUT2D eigenvalue weighted by molar-refractivity contribution is 0.1000. The molecule has 0 spiro atoms. The second-order valence-electron chi connectivity index (χ2n) is 8.37. The van der Waals surface area contributed by atoms with Crippen molar-refractivity contribution < 1.29 is 9.18 Å². The van der Waals surface area contributed by atoms with E-state index in [0.29, 0.717) is 5.69 Å². The highest BCUT2D eigenvalue weighted by Gasteiger charge is 2.37. The lowest BCUT2D eigenvalue weighted by Crippen LogP contribution is -2.30. The van der Waals surface area contributed by atoms with Crippen molar-refractivity contribution in [3.63, 3.8) is 0 Å². The highest BCUT2D eigenvalue weighted by Crippen LogP contribution is 2.44. The molecule has 36 heavy (non-hydrogen) atoms. The number of anilines is 3. The van der Waals surface area contributed by atoms with Crippen molar-refractivity contribution in [2.24, 2.45) is 11.7 Å². The molecule has 1 saturated carbocycles. The van der Waals surface area contributed by atoms with Gasteiger partial charge in [-0.1, -0.05) is 29.3 Å². The van der Waals surface area contributed by atoms with E-state index >= 15 is 0 Å². The second-order valence-corrected chi connectivity index (χ2v) is 9.15. The van der Waals surface area contributed by atoms with Gasteiger partial charge in [0.15, 0.2) is 5.82 Å². The van der Waals surface area contributed by atoms with Gasteiger partial charge in [-0.3, -0.25) is 14.2 Å². The maximum atomic E-state index is 14.9. The Balaban J connectivity index is 1.80. The first-order chi connectivity index (χ1) is 17.2. The number of nitrogens with zero attached hydrogens (tertiary/aromatic N) is 4. The summed E-state index contributed by atoms with van der Waals surface area (Å²) in [5.41, 5.74) is 16.7. The smallest absolute Gasteiger partial charge is 0.267 e. The standard InChI is InChI=1S/C23H19Cl2FN8O2/c24-12-6-7-13(26)17-14(12)22(36)34(11-3-1-2-10(8-11)19(28)35)21(31-17)16(9-4-5-9)30-20-15(25)18(27)32-23(29)33-20/h1-3,6-9,16H,4-5H2,(H2,28,35)(H5,27,29,30,32,33). The fourth-order valence-corrected chi connectivity index (χ4v) is 4.41. The minimum Gasteiger partial charge on any atom is -0.382 e. The van der Waals surface area contributed by atoms with Crippen LogP contribution in [0.15, 0.2) is 41.2 Å². The zero-order valence-corrected chi connectivity index (χ0v) is 20.0. The van der Waals surface area contributed by atoms with E-state index in [1.807, 2.05) is 0 Å². The molecule has 0 saturated heterocycles. The molecule has 1 atom stereocenters. The average Bonchev–Trinajstić information content (AvgIpc) is 3.68. The second kappa shape index (κ2) is 8.92. The van der Waals surface area contributed by atoms with Crippen LogP contribution in [0.25, 0.3) is 16.6 Å². The minimum absolute atomic E-state index is 0.00403. The highest BCUT2D eigenvalue weighted by molar-refractivity contribution is 6.35. The molecule has 4 aromatic rings. The first-order valence-corrected chi connectivity index (χ1v) is 11.6. The molecule has 184 valence electrons. The number of benzene rings is 2. The first kappa shape index (κ1) is 23.8. The van der Waals surface area contributed by atoms with Crippen LogP contribution < -0.4 is 28.1 Å². The molecule has 5 rings (SSSR count). The number of rotatable bonds is 6. The summed E-state index contributed by atoms with van der Waals surface area (Å²) in [5, 5.41) is 3.13. The van der Waals surface area contributed by atoms with Gasteiger partial charge in [0.05, 0.1) is 22.1 Å². The molecular weight excluding hydrogens is 510 g/mol. The van der Waals surface area contributed by atoms with Crippen LogP contribution in [-0.2, 0) is 0 Å². The Hall–Kier alpha value is -3.96. The van der Waals surface area contributed by atoms with Crippen LogP contribution >= 0.6 is 23.2 Å². The van der Waals surface area contributed by atoms with Gasteiger partial charge in [-0.05, 0) is 49.1 Å². The van der Waals surface area contributed by atoms with Gasteiger partial charge < -0.3 is 22.5 Å². The predicted molar refractivity (Wildman–Crippen MR) is 136 cm³/mol.